The zero-order chi connectivity index (χ0) is 18.0. The monoisotopic (exact) mass is 336 g/mol. The quantitative estimate of drug-likeness (QED) is 0.310. The van der Waals surface area contributed by atoms with Gasteiger partial charge in [-0.3, -0.25) is 0 Å². The van der Waals surface area contributed by atoms with Crippen molar-refractivity contribution in [2.45, 2.75) is 0 Å². The van der Waals surface area contributed by atoms with Gasteiger partial charge in [-0.25, -0.2) is 0 Å². The second-order valence-electron chi connectivity index (χ2n) is 5.47. The molecule has 0 bridgehead atoms. The molecule has 4 rings (SSSR count). The average molecular weight is 336 g/mol. The largest absolute Gasteiger partial charge is 0.504 e. The zero-order valence-electron chi connectivity index (χ0n) is 13.1. The number of hydrogen-bond acceptors (Lipinski definition) is 5. The molecular weight excluding hydrogens is 320 g/mol. The molecule has 4 aromatic carbocycles. The van der Waals surface area contributed by atoms with Crippen molar-refractivity contribution in [3.8, 4) is 28.7 Å². The normalized spacial score (nSPS) is 10.4. The first kappa shape index (κ1) is 16.3. The van der Waals surface area contributed by atoms with Crippen LogP contribution in [0.1, 0.15) is 0 Å². The summed E-state index contributed by atoms with van der Waals surface area (Å²) in [5.41, 5.74) is 0. The standard InChI is InChI=1S/C10H8O3.C10H8O2/c11-8-5-6-3-1-2-4-7(6)9(12)10(8)13;11-9-6-5-7-3-1-2-4-8(7)10(9)12/h1-5,11-13H;1-6,11-12H. The van der Waals surface area contributed by atoms with E-state index in [2.05, 4.69) is 0 Å². The molecule has 0 atom stereocenters. The van der Waals surface area contributed by atoms with Crippen LogP contribution in [-0.4, -0.2) is 25.5 Å². The highest BCUT2D eigenvalue weighted by molar-refractivity contribution is 5.92. The topological polar surface area (TPSA) is 101 Å². The molecule has 5 nitrogen and oxygen atoms in total. The fourth-order valence-electron chi connectivity index (χ4n) is 2.55. The van der Waals surface area contributed by atoms with Gasteiger partial charge in [0.2, 0.25) is 5.75 Å². The van der Waals surface area contributed by atoms with Gasteiger partial charge < -0.3 is 25.5 Å². The molecule has 25 heavy (non-hydrogen) atoms. The van der Waals surface area contributed by atoms with Crippen LogP contribution in [0.5, 0.6) is 28.7 Å². The van der Waals surface area contributed by atoms with Crippen LogP contribution in [0, 0.1) is 0 Å². The van der Waals surface area contributed by atoms with Crippen LogP contribution < -0.4 is 0 Å². The first-order valence-electron chi connectivity index (χ1n) is 7.51. The van der Waals surface area contributed by atoms with Gasteiger partial charge in [0.05, 0.1) is 0 Å². The van der Waals surface area contributed by atoms with Gasteiger partial charge in [0.25, 0.3) is 0 Å². The minimum absolute atomic E-state index is 0.0481. The van der Waals surface area contributed by atoms with E-state index in [9.17, 15) is 20.4 Å². The molecule has 4 aromatic rings. The van der Waals surface area contributed by atoms with Crippen molar-refractivity contribution in [2.75, 3.05) is 0 Å². The number of hydrogen-bond donors (Lipinski definition) is 5. The van der Waals surface area contributed by atoms with Crippen LogP contribution in [0.3, 0.4) is 0 Å². The summed E-state index contributed by atoms with van der Waals surface area (Å²) in [5.74, 6) is -1.19. The van der Waals surface area contributed by atoms with E-state index in [1.54, 1.807) is 36.4 Å². The summed E-state index contributed by atoms with van der Waals surface area (Å²) in [7, 11) is 0. The van der Waals surface area contributed by atoms with E-state index in [1.807, 2.05) is 18.2 Å². The molecule has 0 saturated carbocycles. The van der Waals surface area contributed by atoms with E-state index in [-0.39, 0.29) is 23.0 Å². The molecule has 0 aliphatic rings. The fourth-order valence-corrected chi connectivity index (χ4v) is 2.55. The van der Waals surface area contributed by atoms with Crippen molar-refractivity contribution in [2.24, 2.45) is 0 Å². The molecule has 0 aromatic heterocycles. The number of phenolic OH excluding ortho intramolecular Hbond substituents is 5. The van der Waals surface area contributed by atoms with Crippen LogP contribution >= 0.6 is 0 Å². The van der Waals surface area contributed by atoms with Gasteiger partial charge >= 0.3 is 0 Å². The molecule has 0 fully saturated rings. The third-order valence-electron chi connectivity index (χ3n) is 3.85. The summed E-state index contributed by atoms with van der Waals surface area (Å²) >= 11 is 0. The Hall–Kier alpha value is -3.60. The van der Waals surface area contributed by atoms with Crippen LogP contribution in [0.4, 0.5) is 0 Å². The van der Waals surface area contributed by atoms with Crippen molar-refractivity contribution in [1.82, 2.24) is 0 Å². The fraction of sp³-hybridized carbons (Fsp3) is 0. The first-order valence-corrected chi connectivity index (χ1v) is 7.51. The Balaban J connectivity index is 0.000000146. The number of phenols is 5. The first-order chi connectivity index (χ1) is 12.0. The lowest BCUT2D eigenvalue weighted by Gasteiger charge is -2.04. The number of benzene rings is 4. The summed E-state index contributed by atoms with van der Waals surface area (Å²) in [4.78, 5) is 0. The smallest absolute Gasteiger partial charge is 0.200 e. The van der Waals surface area contributed by atoms with Gasteiger partial charge in [0.15, 0.2) is 23.0 Å². The van der Waals surface area contributed by atoms with Gasteiger partial charge in [-0.2, -0.15) is 0 Å². The number of rotatable bonds is 0. The van der Waals surface area contributed by atoms with Crippen molar-refractivity contribution in [1.29, 1.82) is 0 Å². The average Bonchev–Trinajstić information content (AvgIpc) is 2.64. The predicted octanol–water partition coefficient (Wildman–Crippen LogP) is 4.21. The lowest BCUT2D eigenvalue weighted by Crippen LogP contribution is -1.76. The predicted molar refractivity (Wildman–Crippen MR) is 96.2 cm³/mol. The van der Waals surface area contributed by atoms with Crippen molar-refractivity contribution < 1.29 is 25.5 Å². The Morgan fingerprint density at radius 3 is 1.68 bits per heavy atom. The molecule has 0 saturated heterocycles. The minimum atomic E-state index is -0.473. The van der Waals surface area contributed by atoms with E-state index in [0.717, 1.165) is 5.39 Å². The van der Waals surface area contributed by atoms with Crippen LogP contribution in [0.15, 0.2) is 66.7 Å². The molecule has 126 valence electrons. The highest BCUT2D eigenvalue weighted by Crippen LogP contribution is 2.40. The molecule has 0 unspecified atom stereocenters. The SMILES string of the molecule is Oc1cc2ccccc2c(O)c1O.Oc1ccc2ccccc2c1O. The third-order valence-corrected chi connectivity index (χ3v) is 3.85. The number of aromatic hydroxyl groups is 5. The van der Waals surface area contributed by atoms with Crippen molar-refractivity contribution >= 4 is 21.5 Å². The van der Waals surface area contributed by atoms with Crippen molar-refractivity contribution in [3.63, 3.8) is 0 Å². The Morgan fingerprint density at radius 2 is 1.00 bits per heavy atom. The molecule has 5 heteroatoms. The second-order valence-corrected chi connectivity index (χ2v) is 5.47. The maximum absolute atomic E-state index is 9.43. The molecule has 0 spiro atoms. The Kier molecular flexibility index (Phi) is 4.22. The molecule has 0 amide bonds. The van der Waals surface area contributed by atoms with Crippen LogP contribution in [-0.2, 0) is 0 Å². The highest BCUT2D eigenvalue weighted by Gasteiger charge is 2.09. The van der Waals surface area contributed by atoms with Crippen molar-refractivity contribution in [3.05, 3.63) is 66.7 Å². The van der Waals surface area contributed by atoms with E-state index in [4.69, 9.17) is 5.11 Å². The van der Waals surface area contributed by atoms with Gasteiger partial charge in [0, 0.05) is 10.8 Å². The molecule has 0 heterocycles. The van der Waals surface area contributed by atoms with E-state index < -0.39 is 5.75 Å². The maximum atomic E-state index is 9.43. The maximum Gasteiger partial charge on any atom is 0.200 e. The summed E-state index contributed by atoms with van der Waals surface area (Å²) in [6, 6.07) is 19.0. The van der Waals surface area contributed by atoms with Crippen LogP contribution in [0.25, 0.3) is 21.5 Å². The molecule has 5 N–H and O–H groups in total. The lowest BCUT2D eigenvalue weighted by molar-refractivity contribution is 0.371. The van der Waals surface area contributed by atoms with Gasteiger partial charge in [-0.05, 0) is 22.9 Å². The van der Waals surface area contributed by atoms with Gasteiger partial charge in [0.1, 0.15) is 0 Å². The Morgan fingerprint density at radius 1 is 0.440 bits per heavy atom. The summed E-state index contributed by atoms with van der Waals surface area (Å²) in [6.07, 6.45) is 0. The Bertz CT molecular complexity index is 1060. The highest BCUT2D eigenvalue weighted by atomic mass is 16.3. The van der Waals surface area contributed by atoms with Crippen LogP contribution in [0.2, 0.25) is 0 Å². The molecule has 0 radical (unpaired) electrons. The summed E-state index contributed by atoms with van der Waals surface area (Å²) in [5, 5.41) is 49.2. The molecule has 0 aliphatic carbocycles. The van der Waals surface area contributed by atoms with Gasteiger partial charge in [-0.15, -0.1) is 0 Å². The number of fused-ring (bicyclic) bond motifs is 2. The second kappa shape index (κ2) is 6.49. The lowest BCUT2D eigenvalue weighted by atomic mass is 10.1. The van der Waals surface area contributed by atoms with E-state index in [0.29, 0.717) is 16.2 Å². The minimum Gasteiger partial charge on any atom is -0.504 e. The Labute approximate surface area is 143 Å². The van der Waals surface area contributed by atoms with E-state index >= 15 is 0 Å². The van der Waals surface area contributed by atoms with Gasteiger partial charge in [-0.1, -0.05) is 54.6 Å². The summed E-state index contributed by atoms with van der Waals surface area (Å²) in [6.45, 7) is 0. The summed E-state index contributed by atoms with van der Waals surface area (Å²) < 4.78 is 0. The third kappa shape index (κ3) is 3.07. The van der Waals surface area contributed by atoms with E-state index in [1.165, 1.54) is 12.1 Å². The molecule has 0 aliphatic heterocycles. The molecular formula is C20H16O5. The zero-order valence-corrected chi connectivity index (χ0v) is 13.1.